The van der Waals surface area contributed by atoms with Gasteiger partial charge in [0.25, 0.3) is 5.91 Å². The first-order valence-corrected chi connectivity index (χ1v) is 10.5. The van der Waals surface area contributed by atoms with Crippen LogP contribution in [-0.2, 0) is 6.42 Å². The number of aromatic nitrogens is 1. The number of fused-ring (bicyclic) bond motifs is 1. The number of hydrogen-bond acceptors (Lipinski definition) is 4. The summed E-state index contributed by atoms with van der Waals surface area (Å²) in [6, 6.07) is 21.4. The highest BCUT2D eigenvalue weighted by atomic mass is 19.1. The largest absolute Gasteiger partial charge is 0.493 e. The predicted octanol–water partition coefficient (Wildman–Crippen LogP) is 5.13. The lowest BCUT2D eigenvalue weighted by Crippen LogP contribution is -2.35. The number of ether oxygens (including phenoxy) is 1. The molecule has 1 aliphatic rings. The maximum absolute atomic E-state index is 14.1. The highest BCUT2D eigenvalue weighted by Crippen LogP contribution is 2.30. The fourth-order valence-corrected chi connectivity index (χ4v) is 3.91. The van der Waals surface area contributed by atoms with Crippen molar-refractivity contribution in [3.8, 4) is 28.5 Å². The van der Waals surface area contributed by atoms with Crippen molar-refractivity contribution in [2.24, 2.45) is 5.92 Å². The fourth-order valence-electron chi connectivity index (χ4n) is 3.91. The molecule has 3 aromatic carbocycles. The van der Waals surface area contributed by atoms with Crippen molar-refractivity contribution < 1.29 is 18.3 Å². The molecule has 1 N–H and O–H groups in total. The Kier molecular flexibility index (Phi) is 5.42. The monoisotopic (exact) mass is 428 g/mol. The zero-order valence-electron chi connectivity index (χ0n) is 17.3. The number of carbonyl (C=O) groups excluding carboxylic acids is 1. The van der Waals surface area contributed by atoms with E-state index in [1.807, 2.05) is 30.3 Å². The third kappa shape index (κ3) is 3.99. The van der Waals surface area contributed by atoms with Crippen molar-refractivity contribution >= 4 is 5.91 Å². The number of hydrogen-bond donors (Lipinski definition) is 1. The lowest BCUT2D eigenvalue weighted by atomic mass is 9.96. The molecule has 1 aliphatic heterocycles. The third-order valence-corrected chi connectivity index (χ3v) is 5.55. The van der Waals surface area contributed by atoms with Gasteiger partial charge in [-0.15, -0.1) is 0 Å². The number of para-hydroxylation sites is 1. The topological polar surface area (TPSA) is 64.4 Å². The lowest BCUT2D eigenvalue weighted by molar-refractivity contribution is 0.0939. The van der Waals surface area contributed by atoms with E-state index in [1.165, 1.54) is 12.3 Å². The van der Waals surface area contributed by atoms with Gasteiger partial charge in [0, 0.05) is 18.0 Å². The minimum Gasteiger partial charge on any atom is -0.493 e. The molecule has 5 nitrogen and oxygen atoms in total. The summed E-state index contributed by atoms with van der Waals surface area (Å²) in [6.07, 6.45) is 2.32. The van der Waals surface area contributed by atoms with Crippen molar-refractivity contribution in [3.63, 3.8) is 0 Å². The highest BCUT2D eigenvalue weighted by molar-refractivity contribution is 6.00. The molecule has 1 aromatic heterocycles. The standard InChI is InChI=1S/C26H21FN2O3/c27-22-11-5-4-10-21(22)24-15-29-26(32-24)20-9-3-2-8-19(20)25(30)28-14-17-13-18-7-1-6-12-23(18)31-16-17/h1-12,15,17H,13-14,16H2,(H,28,30). The maximum Gasteiger partial charge on any atom is 0.252 e. The van der Waals surface area contributed by atoms with Gasteiger partial charge < -0.3 is 14.5 Å². The van der Waals surface area contributed by atoms with Crippen LogP contribution in [0.3, 0.4) is 0 Å². The second-order valence-electron chi connectivity index (χ2n) is 7.75. The van der Waals surface area contributed by atoms with Crippen molar-refractivity contribution in [3.05, 3.63) is 95.9 Å². The first kappa shape index (κ1) is 20.0. The Morgan fingerprint density at radius 3 is 2.62 bits per heavy atom. The van der Waals surface area contributed by atoms with Gasteiger partial charge in [0.15, 0.2) is 5.76 Å². The summed E-state index contributed by atoms with van der Waals surface area (Å²) in [5.41, 5.74) is 2.48. The second-order valence-corrected chi connectivity index (χ2v) is 7.75. The van der Waals surface area contributed by atoms with E-state index < -0.39 is 5.82 Å². The average molecular weight is 428 g/mol. The molecular formula is C26H21FN2O3. The molecule has 6 heteroatoms. The zero-order valence-corrected chi connectivity index (χ0v) is 17.3. The number of rotatable bonds is 5. The molecule has 0 bridgehead atoms. The molecule has 0 saturated heterocycles. The number of nitrogens with zero attached hydrogens (tertiary/aromatic N) is 1. The minimum absolute atomic E-state index is 0.190. The second kappa shape index (κ2) is 8.67. The van der Waals surface area contributed by atoms with Crippen LogP contribution in [-0.4, -0.2) is 24.0 Å². The molecule has 4 aromatic rings. The molecule has 5 rings (SSSR count). The van der Waals surface area contributed by atoms with Crippen LogP contribution in [0.5, 0.6) is 5.75 Å². The van der Waals surface area contributed by atoms with E-state index in [4.69, 9.17) is 9.15 Å². The van der Waals surface area contributed by atoms with Crippen molar-refractivity contribution in [2.45, 2.75) is 6.42 Å². The Balaban J connectivity index is 1.32. The molecule has 0 spiro atoms. The van der Waals surface area contributed by atoms with Crippen molar-refractivity contribution in [1.29, 1.82) is 0 Å². The Morgan fingerprint density at radius 1 is 1.00 bits per heavy atom. The van der Waals surface area contributed by atoms with Crippen LogP contribution in [0.15, 0.2) is 83.4 Å². The molecule has 2 heterocycles. The van der Waals surface area contributed by atoms with Crippen LogP contribution in [0.25, 0.3) is 22.8 Å². The van der Waals surface area contributed by atoms with E-state index in [9.17, 15) is 9.18 Å². The lowest BCUT2D eigenvalue weighted by Gasteiger charge is -2.25. The Labute approximate surface area is 184 Å². The van der Waals surface area contributed by atoms with Crippen LogP contribution in [0.2, 0.25) is 0 Å². The van der Waals surface area contributed by atoms with Gasteiger partial charge >= 0.3 is 0 Å². The van der Waals surface area contributed by atoms with Crippen molar-refractivity contribution in [1.82, 2.24) is 10.3 Å². The van der Waals surface area contributed by atoms with Crippen LogP contribution >= 0.6 is 0 Å². The molecule has 0 radical (unpaired) electrons. The number of nitrogens with one attached hydrogen (secondary N) is 1. The average Bonchev–Trinajstić information content (AvgIpc) is 3.32. The van der Waals surface area contributed by atoms with Crippen LogP contribution in [0, 0.1) is 11.7 Å². The van der Waals surface area contributed by atoms with Gasteiger partial charge in [-0.3, -0.25) is 4.79 Å². The van der Waals surface area contributed by atoms with E-state index in [0.29, 0.717) is 35.6 Å². The van der Waals surface area contributed by atoms with Crippen molar-refractivity contribution in [2.75, 3.05) is 13.2 Å². The van der Waals surface area contributed by atoms with Crippen LogP contribution < -0.4 is 10.1 Å². The van der Waals surface area contributed by atoms with E-state index in [1.54, 1.807) is 36.4 Å². The number of benzene rings is 3. The summed E-state index contributed by atoms with van der Waals surface area (Å²) in [5.74, 6) is 1.07. The summed E-state index contributed by atoms with van der Waals surface area (Å²) in [7, 11) is 0. The van der Waals surface area contributed by atoms with E-state index in [2.05, 4.69) is 10.3 Å². The molecular weight excluding hydrogens is 407 g/mol. The third-order valence-electron chi connectivity index (χ3n) is 5.55. The number of amides is 1. The fraction of sp³-hybridized carbons (Fsp3) is 0.154. The molecule has 1 amide bonds. The first-order chi connectivity index (χ1) is 15.7. The number of carbonyl (C=O) groups is 1. The predicted molar refractivity (Wildman–Crippen MR) is 119 cm³/mol. The molecule has 1 atom stereocenters. The van der Waals surface area contributed by atoms with Gasteiger partial charge in [-0.1, -0.05) is 42.5 Å². The summed E-state index contributed by atoms with van der Waals surface area (Å²) in [5, 5.41) is 3.01. The zero-order chi connectivity index (χ0) is 21.9. The van der Waals surface area contributed by atoms with Gasteiger partial charge in [-0.05, 0) is 42.3 Å². The SMILES string of the molecule is O=C(NCC1COc2ccccc2C1)c1ccccc1-c1ncc(-c2ccccc2F)o1. The molecule has 0 aliphatic carbocycles. The number of halogens is 1. The number of oxazole rings is 1. The van der Waals surface area contributed by atoms with Crippen LogP contribution in [0.1, 0.15) is 15.9 Å². The molecule has 160 valence electrons. The minimum atomic E-state index is -0.391. The molecule has 1 unspecified atom stereocenters. The van der Waals surface area contributed by atoms with Gasteiger partial charge in [-0.25, -0.2) is 9.37 Å². The molecule has 0 fully saturated rings. The smallest absolute Gasteiger partial charge is 0.252 e. The van der Waals surface area contributed by atoms with Gasteiger partial charge in [0.05, 0.1) is 23.9 Å². The normalized spacial score (nSPS) is 15.0. The summed E-state index contributed by atoms with van der Waals surface area (Å²) >= 11 is 0. The van der Waals surface area contributed by atoms with Gasteiger partial charge in [0.1, 0.15) is 11.6 Å². The summed E-state index contributed by atoms with van der Waals surface area (Å²) < 4.78 is 25.7. The van der Waals surface area contributed by atoms with E-state index in [-0.39, 0.29) is 17.7 Å². The summed E-state index contributed by atoms with van der Waals surface area (Å²) in [4.78, 5) is 17.3. The van der Waals surface area contributed by atoms with Gasteiger partial charge in [0.2, 0.25) is 5.89 Å². The molecule has 32 heavy (non-hydrogen) atoms. The quantitative estimate of drug-likeness (QED) is 0.479. The Hall–Kier alpha value is -3.93. The van der Waals surface area contributed by atoms with Gasteiger partial charge in [-0.2, -0.15) is 0 Å². The van der Waals surface area contributed by atoms with E-state index in [0.717, 1.165) is 17.7 Å². The molecule has 0 saturated carbocycles. The highest BCUT2D eigenvalue weighted by Gasteiger charge is 2.22. The summed E-state index contributed by atoms with van der Waals surface area (Å²) in [6.45, 7) is 1.05. The Bertz CT molecular complexity index is 1270. The van der Waals surface area contributed by atoms with E-state index >= 15 is 0 Å². The maximum atomic E-state index is 14.1. The van der Waals surface area contributed by atoms with Crippen LogP contribution in [0.4, 0.5) is 4.39 Å². The first-order valence-electron chi connectivity index (χ1n) is 10.5. The Morgan fingerprint density at radius 2 is 1.75 bits per heavy atom.